The fraction of sp³-hybridized carbons (Fsp3) is 0. The quantitative estimate of drug-likeness (QED) is 0.129. The number of carbonyl (C=O) groups is 4. The minimum Gasteiger partial charge on any atom is -0.422 e. The number of benzene rings is 5. The number of ketones is 2. The van der Waals surface area contributed by atoms with Crippen LogP contribution in [0.25, 0.3) is 0 Å². The zero-order chi connectivity index (χ0) is 27.9. The number of hydrogen-bond acceptors (Lipinski definition) is 6. The van der Waals surface area contributed by atoms with Crippen LogP contribution in [0.3, 0.4) is 0 Å². The van der Waals surface area contributed by atoms with Crippen molar-refractivity contribution in [1.29, 1.82) is 0 Å². The van der Waals surface area contributed by atoms with E-state index >= 15 is 0 Å². The van der Waals surface area contributed by atoms with Gasteiger partial charge in [0.1, 0.15) is 11.5 Å². The first kappa shape index (κ1) is 26.0. The molecule has 40 heavy (non-hydrogen) atoms. The molecule has 0 aliphatic carbocycles. The maximum Gasteiger partial charge on any atom is 0.343 e. The van der Waals surface area contributed by atoms with Crippen molar-refractivity contribution in [2.75, 3.05) is 0 Å². The van der Waals surface area contributed by atoms with Crippen LogP contribution in [0.15, 0.2) is 133 Å². The molecule has 0 bridgehead atoms. The standard InChI is InChI=1S/C34H22O6/c35-31(23-13-5-1-6-14-23)27-21-28(32(36)24-15-7-2-8-16-24)30(40-34(38)26-19-11-4-12-20-26)22-29(27)39-33(37)25-17-9-3-10-18-25/h1-22H. The van der Waals surface area contributed by atoms with Gasteiger partial charge in [0.15, 0.2) is 11.6 Å². The van der Waals surface area contributed by atoms with Gasteiger partial charge in [0.2, 0.25) is 0 Å². The lowest BCUT2D eigenvalue weighted by Crippen LogP contribution is -2.16. The lowest BCUT2D eigenvalue weighted by atomic mass is 9.95. The van der Waals surface area contributed by atoms with Crippen molar-refractivity contribution in [1.82, 2.24) is 0 Å². The molecule has 0 heterocycles. The van der Waals surface area contributed by atoms with Gasteiger partial charge in [0.05, 0.1) is 22.3 Å². The molecule has 0 saturated heterocycles. The van der Waals surface area contributed by atoms with E-state index in [9.17, 15) is 19.2 Å². The van der Waals surface area contributed by atoms with Crippen LogP contribution in [0.1, 0.15) is 52.6 Å². The Balaban J connectivity index is 1.66. The molecule has 0 N–H and O–H groups in total. The highest BCUT2D eigenvalue weighted by atomic mass is 16.5. The third-order valence-electron chi connectivity index (χ3n) is 6.07. The van der Waals surface area contributed by atoms with Crippen LogP contribution in [0.5, 0.6) is 11.5 Å². The Hall–Kier alpha value is -5.62. The molecule has 0 radical (unpaired) electrons. The molecule has 0 aliphatic heterocycles. The predicted molar refractivity (Wildman–Crippen MR) is 149 cm³/mol. The van der Waals surface area contributed by atoms with Gasteiger partial charge < -0.3 is 9.47 Å². The summed E-state index contributed by atoms with van der Waals surface area (Å²) in [5.74, 6) is -2.68. The van der Waals surface area contributed by atoms with Crippen LogP contribution in [-0.4, -0.2) is 23.5 Å². The molecule has 5 rings (SSSR count). The molecular formula is C34H22O6. The van der Waals surface area contributed by atoms with E-state index in [0.29, 0.717) is 11.1 Å². The first-order chi connectivity index (χ1) is 19.5. The Morgan fingerprint density at radius 3 is 1.00 bits per heavy atom. The van der Waals surface area contributed by atoms with Crippen LogP contribution in [0, 0.1) is 0 Å². The number of carbonyl (C=O) groups excluding carboxylic acids is 4. The Bertz CT molecular complexity index is 1550. The summed E-state index contributed by atoms with van der Waals surface area (Å²) >= 11 is 0. The summed E-state index contributed by atoms with van der Waals surface area (Å²) in [5.41, 5.74) is 1.10. The van der Waals surface area contributed by atoms with Crippen molar-refractivity contribution in [3.63, 3.8) is 0 Å². The fourth-order valence-electron chi connectivity index (χ4n) is 4.04. The minimum absolute atomic E-state index is 0.0331. The van der Waals surface area contributed by atoms with Crippen molar-refractivity contribution in [3.8, 4) is 11.5 Å². The highest BCUT2D eigenvalue weighted by Crippen LogP contribution is 2.34. The van der Waals surface area contributed by atoms with Crippen molar-refractivity contribution < 1.29 is 28.7 Å². The maximum absolute atomic E-state index is 13.6. The van der Waals surface area contributed by atoms with E-state index in [2.05, 4.69) is 0 Å². The molecule has 0 unspecified atom stereocenters. The second-order valence-corrected chi connectivity index (χ2v) is 8.75. The first-order valence-corrected chi connectivity index (χ1v) is 12.4. The highest BCUT2D eigenvalue weighted by molar-refractivity contribution is 6.16. The molecular weight excluding hydrogens is 504 g/mol. The third-order valence-corrected chi connectivity index (χ3v) is 6.07. The topological polar surface area (TPSA) is 86.7 Å². The molecule has 0 aromatic heterocycles. The average molecular weight is 527 g/mol. The van der Waals surface area contributed by atoms with E-state index in [-0.39, 0.29) is 33.8 Å². The van der Waals surface area contributed by atoms with E-state index in [4.69, 9.17) is 9.47 Å². The van der Waals surface area contributed by atoms with Crippen LogP contribution in [0.4, 0.5) is 0 Å². The van der Waals surface area contributed by atoms with Gasteiger partial charge in [-0.15, -0.1) is 0 Å². The van der Waals surface area contributed by atoms with Gasteiger partial charge in [-0.3, -0.25) is 9.59 Å². The molecule has 5 aromatic rings. The third kappa shape index (κ3) is 5.76. The van der Waals surface area contributed by atoms with E-state index in [1.54, 1.807) is 121 Å². The zero-order valence-corrected chi connectivity index (χ0v) is 21.2. The number of ether oxygens (including phenoxy) is 2. The summed E-state index contributed by atoms with van der Waals surface area (Å²) in [6, 6.07) is 35.9. The Kier molecular flexibility index (Phi) is 7.69. The van der Waals surface area contributed by atoms with Crippen molar-refractivity contribution in [2.24, 2.45) is 0 Å². The lowest BCUT2D eigenvalue weighted by Gasteiger charge is -2.16. The van der Waals surface area contributed by atoms with E-state index in [1.165, 1.54) is 12.1 Å². The summed E-state index contributed by atoms with van der Waals surface area (Å²) in [6.45, 7) is 0. The Labute approximate surface area is 230 Å². The Morgan fingerprint density at radius 2 is 0.675 bits per heavy atom. The smallest absolute Gasteiger partial charge is 0.343 e. The maximum atomic E-state index is 13.6. The van der Waals surface area contributed by atoms with Crippen LogP contribution >= 0.6 is 0 Å². The average Bonchev–Trinajstić information content (AvgIpc) is 3.02. The van der Waals surface area contributed by atoms with E-state index < -0.39 is 23.5 Å². The van der Waals surface area contributed by atoms with Gasteiger partial charge in [-0.1, -0.05) is 97.1 Å². The summed E-state index contributed by atoms with van der Waals surface area (Å²) in [4.78, 5) is 53.3. The second-order valence-electron chi connectivity index (χ2n) is 8.75. The molecule has 0 aliphatic rings. The lowest BCUT2D eigenvalue weighted by molar-refractivity contribution is 0.0731. The zero-order valence-electron chi connectivity index (χ0n) is 21.2. The summed E-state index contributed by atoms with van der Waals surface area (Å²) in [5, 5.41) is 0. The first-order valence-electron chi connectivity index (χ1n) is 12.4. The van der Waals surface area contributed by atoms with E-state index in [0.717, 1.165) is 0 Å². The van der Waals surface area contributed by atoms with Crippen molar-refractivity contribution >= 4 is 23.5 Å². The van der Waals surface area contributed by atoms with Crippen molar-refractivity contribution in [2.45, 2.75) is 0 Å². The molecule has 0 fully saturated rings. The Morgan fingerprint density at radius 1 is 0.375 bits per heavy atom. The highest BCUT2D eigenvalue weighted by Gasteiger charge is 2.26. The molecule has 0 spiro atoms. The molecule has 0 atom stereocenters. The van der Waals surface area contributed by atoms with Crippen LogP contribution < -0.4 is 9.47 Å². The van der Waals surface area contributed by atoms with Gasteiger partial charge in [-0.2, -0.15) is 0 Å². The SMILES string of the molecule is O=C(Oc1cc(OC(=O)c2ccccc2)c(C(=O)c2ccccc2)cc1C(=O)c1ccccc1)c1ccccc1. The van der Waals surface area contributed by atoms with Crippen LogP contribution in [0.2, 0.25) is 0 Å². The van der Waals surface area contributed by atoms with Gasteiger partial charge in [-0.05, 0) is 30.3 Å². The van der Waals surface area contributed by atoms with E-state index in [1.807, 2.05) is 0 Å². The summed E-state index contributed by atoms with van der Waals surface area (Å²) < 4.78 is 11.4. The largest absolute Gasteiger partial charge is 0.422 e. The van der Waals surface area contributed by atoms with Crippen LogP contribution in [-0.2, 0) is 0 Å². The number of hydrogen-bond donors (Lipinski definition) is 0. The molecule has 0 amide bonds. The molecule has 6 nitrogen and oxygen atoms in total. The summed E-state index contributed by atoms with van der Waals surface area (Å²) in [7, 11) is 0. The normalized spacial score (nSPS) is 10.4. The van der Waals surface area contributed by atoms with Gasteiger partial charge >= 0.3 is 11.9 Å². The monoisotopic (exact) mass is 526 g/mol. The van der Waals surface area contributed by atoms with Gasteiger partial charge in [0.25, 0.3) is 0 Å². The molecule has 0 saturated carbocycles. The number of esters is 2. The van der Waals surface area contributed by atoms with Gasteiger partial charge in [0, 0.05) is 17.2 Å². The molecule has 6 heteroatoms. The molecule has 194 valence electrons. The number of rotatable bonds is 8. The minimum atomic E-state index is -0.717. The summed E-state index contributed by atoms with van der Waals surface area (Å²) in [6.07, 6.45) is 0. The fourth-order valence-corrected chi connectivity index (χ4v) is 4.04. The van der Waals surface area contributed by atoms with Gasteiger partial charge in [-0.25, -0.2) is 9.59 Å². The predicted octanol–water partition coefficient (Wildman–Crippen LogP) is 6.59. The van der Waals surface area contributed by atoms with Crippen molar-refractivity contribution in [3.05, 3.63) is 167 Å². The second kappa shape index (κ2) is 11.8. The molecule has 5 aromatic carbocycles.